The number of primary amides is 1. The van der Waals surface area contributed by atoms with Gasteiger partial charge in [0.05, 0.1) is 11.1 Å². The molecule has 1 aliphatic rings. The van der Waals surface area contributed by atoms with Gasteiger partial charge in [0.1, 0.15) is 0 Å². The predicted octanol–water partition coefficient (Wildman–Crippen LogP) is 2.22. The van der Waals surface area contributed by atoms with Gasteiger partial charge in [-0.25, -0.2) is 0 Å². The molecule has 0 unspecified atom stereocenters. The SMILES string of the molecule is Cc1[nH]c(/C=C2\C(=O)Nc3ccccc32)c(C)c1C(N)=O. The van der Waals surface area contributed by atoms with Crippen molar-refractivity contribution < 1.29 is 9.59 Å². The fraction of sp³-hybridized carbons (Fsp3) is 0.125. The van der Waals surface area contributed by atoms with E-state index in [0.717, 1.165) is 22.5 Å². The number of amides is 2. The number of nitrogens with one attached hydrogen (secondary N) is 2. The number of hydrogen-bond acceptors (Lipinski definition) is 2. The van der Waals surface area contributed by atoms with Crippen LogP contribution in [-0.4, -0.2) is 16.8 Å². The number of rotatable bonds is 2. The van der Waals surface area contributed by atoms with E-state index in [1.165, 1.54) is 0 Å². The lowest BCUT2D eigenvalue weighted by molar-refractivity contribution is -0.110. The van der Waals surface area contributed by atoms with Crippen LogP contribution in [0.4, 0.5) is 5.69 Å². The normalized spacial score (nSPS) is 15.1. The van der Waals surface area contributed by atoms with Crippen molar-refractivity contribution in [3.63, 3.8) is 0 Å². The summed E-state index contributed by atoms with van der Waals surface area (Å²) in [5.41, 5.74) is 10.3. The van der Waals surface area contributed by atoms with E-state index >= 15 is 0 Å². The molecule has 21 heavy (non-hydrogen) atoms. The van der Waals surface area contributed by atoms with Crippen LogP contribution in [0.2, 0.25) is 0 Å². The van der Waals surface area contributed by atoms with E-state index in [4.69, 9.17) is 5.73 Å². The second-order valence-electron chi connectivity index (χ2n) is 5.09. The van der Waals surface area contributed by atoms with Crippen molar-refractivity contribution in [1.82, 2.24) is 4.98 Å². The van der Waals surface area contributed by atoms with Crippen molar-refractivity contribution >= 4 is 29.2 Å². The molecule has 0 spiro atoms. The van der Waals surface area contributed by atoms with E-state index in [2.05, 4.69) is 10.3 Å². The van der Waals surface area contributed by atoms with Crippen LogP contribution in [0.25, 0.3) is 11.6 Å². The molecule has 2 aromatic rings. The smallest absolute Gasteiger partial charge is 0.256 e. The van der Waals surface area contributed by atoms with Crippen LogP contribution in [0, 0.1) is 13.8 Å². The molecular weight excluding hydrogens is 266 g/mol. The number of para-hydroxylation sites is 1. The zero-order chi connectivity index (χ0) is 15.1. The summed E-state index contributed by atoms with van der Waals surface area (Å²) >= 11 is 0. The molecule has 0 bridgehead atoms. The van der Waals surface area contributed by atoms with Gasteiger partial charge in [0.25, 0.3) is 11.8 Å². The summed E-state index contributed by atoms with van der Waals surface area (Å²) in [5, 5.41) is 2.82. The standard InChI is InChI=1S/C16H15N3O2/c1-8-13(18-9(2)14(8)15(17)20)7-11-10-5-3-4-6-12(10)19-16(11)21/h3-7,18H,1-2H3,(H2,17,20)(H,19,21)/b11-7-. The molecule has 0 saturated heterocycles. The Morgan fingerprint density at radius 3 is 2.62 bits per heavy atom. The second-order valence-corrected chi connectivity index (χ2v) is 5.09. The van der Waals surface area contributed by atoms with Gasteiger partial charge in [0.15, 0.2) is 0 Å². The average Bonchev–Trinajstić information content (AvgIpc) is 2.88. The Balaban J connectivity index is 2.14. The first-order valence-corrected chi connectivity index (χ1v) is 6.60. The molecule has 106 valence electrons. The first-order valence-electron chi connectivity index (χ1n) is 6.60. The lowest BCUT2D eigenvalue weighted by Crippen LogP contribution is -2.12. The van der Waals surface area contributed by atoms with Gasteiger partial charge in [-0.15, -0.1) is 0 Å². The monoisotopic (exact) mass is 281 g/mol. The molecule has 2 amide bonds. The summed E-state index contributed by atoms with van der Waals surface area (Å²) in [5.74, 6) is -0.620. The minimum Gasteiger partial charge on any atom is -0.366 e. The molecule has 0 fully saturated rings. The maximum absolute atomic E-state index is 12.1. The lowest BCUT2D eigenvalue weighted by Gasteiger charge is -1.98. The van der Waals surface area contributed by atoms with E-state index in [-0.39, 0.29) is 5.91 Å². The predicted molar refractivity (Wildman–Crippen MR) is 81.7 cm³/mol. The van der Waals surface area contributed by atoms with Crippen LogP contribution >= 0.6 is 0 Å². The van der Waals surface area contributed by atoms with Crippen LogP contribution in [0.3, 0.4) is 0 Å². The molecule has 5 heteroatoms. The van der Waals surface area contributed by atoms with Gasteiger partial charge in [-0.05, 0) is 31.6 Å². The van der Waals surface area contributed by atoms with Crippen molar-refractivity contribution in [2.45, 2.75) is 13.8 Å². The molecule has 0 radical (unpaired) electrons. The third kappa shape index (κ3) is 2.03. The zero-order valence-electron chi connectivity index (χ0n) is 11.8. The van der Waals surface area contributed by atoms with Crippen LogP contribution in [-0.2, 0) is 4.79 Å². The summed E-state index contributed by atoms with van der Waals surface area (Å²) in [6.45, 7) is 3.60. The maximum Gasteiger partial charge on any atom is 0.256 e. The van der Waals surface area contributed by atoms with E-state index in [1.54, 1.807) is 13.0 Å². The molecule has 0 atom stereocenters. The summed E-state index contributed by atoms with van der Waals surface area (Å²) in [4.78, 5) is 26.7. The van der Waals surface area contributed by atoms with E-state index in [1.807, 2.05) is 31.2 Å². The van der Waals surface area contributed by atoms with Crippen LogP contribution in [0.15, 0.2) is 24.3 Å². The Kier molecular flexibility index (Phi) is 2.90. The van der Waals surface area contributed by atoms with Gasteiger partial charge in [0.2, 0.25) is 0 Å². The fourth-order valence-electron chi connectivity index (χ4n) is 2.71. The highest BCUT2D eigenvalue weighted by molar-refractivity contribution is 6.34. The number of nitrogens with two attached hydrogens (primary N) is 1. The first kappa shape index (κ1) is 13.2. The topological polar surface area (TPSA) is 88.0 Å². The van der Waals surface area contributed by atoms with Crippen LogP contribution < -0.4 is 11.1 Å². The number of H-pyrrole nitrogens is 1. The van der Waals surface area contributed by atoms with Gasteiger partial charge < -0.3 is 16.0 Å². The van der Waals surface area contributed by atoms with Crippen LogP contribution in [0.1, 0.15) is 32.9 Å². The average molecular weight is 281 g/mol. The fourth-order valence-corrected chi connectivity index (χ4v) is 2.71. The minimum atomic E-state index is -0.470. The molecule has 4 N–H and O–H groups in total. The highest BCUT2D eigenvalue weighted by Gasteiger charge is 2.24. The summed E-state index contributed by atoms with van der Waals surface area (Å²) in [6.07, 6.45) is 1.76. The maximum atomic E-state index is 12.1. The van der Waals surface area contributed by atoms with Gasteiger partial charge in [-0.1, -0.05) is 18.2 Å². The molecular formula is C16H15N3O2. The van der Waals surface area contributed by atoms with Crippen molar-refractivity contribution in [1.29, 1.82) is 0 Å². The minimum absolute atomic E-state index is 0.150. The van der Waals surface area contributed by atoms with Gasteiger partial charge in [-0.3, -0.25) is 9.59 Å². The number of hydrogen-bond donors (Lipinski definition) is 3. The van der Waals surface area contributed by atoms with Gasteiger partial charge >= 0.3 is 0 Å². The lowest BCUT2D eigenvalue weighted by atomic mass is 10.0. The van der Waals surface area contributed by atoms with E-state index in [9.17, 15) is 9.59 Å². The molecule has 3 rings (SSSR count). The van der Waals surface area contributed by atoms with Crippen molar-refractivity contribution in [2.24, 2.45) is 5.73 Å². The third-order valence-electron chi connectivity index (χ3n) is 3.72. The summed E-state index contributed by atoms with van der Waals surface area (Å²) in [6, 6.07) is 7.50. The van der Waals surface area contributed by atoms with Crippen molar-refractivity contribution in [3.05, 3.63) is 52.3 Å². The zero-order valence-corrected chi connectivity index (χ0v) is 11.8. The molecule has 0 saturated carbocycles. The number of carbonyl (C=O) groups is 2. The van der Waals surface area contributed by atoms with Crippen molar-refractivity contribution in [3.8, 4) is 0 Å². The molecule has 2 heterocycles. The largest absolute Gasteiger partial charge is 0.366 e. The molecule has 1 aromatic carbocycles. The Bertz CT molecular complexity index is 800. The summed E-state index contributed by atoms with van der Waals surface area (Å²) in [7, 11) is 0. The van der Waals surface area contributed by atoms with E-state index < -0.39 is 5.91 Å². The van der Waals surface area contributed by atoms with Crippen LogP contribution in [0.5, 0.6) is 0 Å². The van der Waals surface area contributed by atoms with Gasteiger partial charge in [0, 0.05) is 22.6 Å². The Morgan fingerprint density at radius 1 is 1.24 bits per heavy atom. The summed E-state index contributed by atoms with van der Waals surface area (Å²) < 4.78 is 0. The quantitative estimate of drug-likeness (QED) is 0.737. The number of aryl methyl sites for hydroxylation is 1. The Hall–Kier alpha value is -2.82. The number of aromatic amines is 1. The number of fused-ring (bicyclic) bond motifs is 1. The molecule has 5 nitrogen and oxygen atoms in total. The Morgan fingerprint density at radius 2 is 1.95 bits per heavy atom. The second kappa shape index (κ2) is 4.63. The van der Waals surface area contributed by atoms with Gasteiger partial charge in [-0.2, -0.15) is 0 Å². The molecule has 1 aliphatic heterocycles. The Labute approximate surface area is 121 Å². The number of carbonyl (C=O) groups excluding carboxylic acids is 2. The molecule has 1 aromatic heterocycles. The third-order valence-corrected chi connectivity index (χ3v) is 3.72. The molecule has 0 aliphatic carbocycles. The number of aromatic nitrogens is 1. The first-order chi connectivity index (χ1) is 9.99. The number of benzene rings is 1. The highest BCUT2D eigenvalue weighted by atomic mass is 16.2. The van der Waals surface area contributed by atoms with E-state index in [0.29, 0.717) is 16.8 Å². The number of anilines is 1. The highest BCUT2D eigenvalue weighted by Crippen LogP contribution is 2.33. The van der Waals surface area contributed by atoms with Crippen molar-refractivity contribution in [2.75, 3.05) is 5.32 Å².